The van der Waals surface area contributed by atoms with Gasteiger partial charge in [0.15, 0.2) is 0 Å². The molecule has 106 valence electrons. The van der Waals surface area contributed by atoms with Gasteiger partial charge in [-0.1, -0.05) is 63.9 Å². The smallest absolute Gasteiger partial charge is 0.0438 e. The second kappa shape index (κ2) is 7.26. The van der Waals surface area contributed by atoms with Crippen LogP contribution in [-0.4, -0.2) is 6.04 Å². The van der Waals surface area contributed by atoms with Crippen molar-refractivity contribution in [2.45, 2.75) is 32.4 Å². The Kier molecular flexibility index (Phi) is 5.64. The van der Waals surface area contributed by atoms with Crippen molar-refractivity contribution >= 4 is 27.5 Å². The molecule has 0 aliphatic rings. The van der Waals surface area contributed by atoms with Gasteiger partial charge in [-0.05, 0) is 43.5 Å². The molecule has 0 saturated carbocycles. The fourth-order valence-electron chi connectivity index (χ4n) is 2.40. The third-order valence-electron chi connectivity index (χ3n) is 3.39. The third kappa shape index (κ3) is 4.08. The van der Waals surface area contributed by atoms with E-state index in [1.807, 2.05) is 24.3 Å². The maximum atomic E-state index is 6.21. The zero-order valence-corrected chi connectivity index (χ0v) is 14.1. The van der Waals surface area contributed by atoms with Crippen molar-refractivity contribution < 1.29 is 0 Å². The van der Waals surface area contributed by atoms with Gasteiger partial charge in [0.05, 0.1) is 0 Å². The van der Waals surface area contributed by atoms with Crippen molar-refractivity contribution in [1.29, 1.82) is 0 Å². The van der Waals surface area contributed by atoms with Gasteiger partial charge in [-0.25, -0.2) is 0 Å². The summed E-state index contributed by atoms with van der Waals surface area (Å²) in [5.41, 5.74) is 2.46. The van der Waals surface area contributed by atoms with Crippen molar-refractivity contribution in [3.05, 3.63) is 69.2 Å². The predicted molar refractivity (Wildman–Crippen MR) is 90.3 cm³/mol. The molecule has 1 nitrogen and oxygen atoms in total. The summed E-state index contributed by atoms with van der Waals surface area (Å²) in [6.45, 7) is 4.37. The predicted octanol–water partition coefficient (Wildman–Crippen LogP) is 5.38. The van der Waals surface area contributed by atoms with Crippen molar-refractivity contribution in [3.8, 4) is 0 Å². The van der Waals surface area contributed by atoms with Crippen LogP contribution in [0.5, 0.6) is 0 Å². The average molecular weight is 353 g/mol. The first-order valence-corrected chi connectivity index (χ1v) is 7.99. The molecule has 2 aromatic rings. The molecule has 0 aliphatic heterocycles. The van der Waals surface area contributed by atoms with Gasteiger partial charge in [0, 0.05) is 21.6 Å². The van der Waals surface area contributed by atoms with E-state index in [1.54, 1.807) is 0 Å². The van der Waals surface area contributed by atoms with Gasteiger partial charge in [0.1, 0.15) is 0 Å². The standard InChI is InChI=1S/C17H19BrClN/c1-12(11-14-7-3-6-10-17(14)19)20-13(2)15-8-4-5-9-16(15)18/h3-10,12-13,20H,11H2,1-2H3. The molecule has 0 saturated heterocycles. The fourth-order valence-corrected chi connectivity index (χ4v) is 3.24. The van der Waals surface area contributed by atoms with Crippen LogP contribution in [0.4, 0.5) is 0 Å². The van der Waals surface area contributed by atoms with Gasteiger partial charge in [0.2, 0.25) is 0 Å². The summed E-state index contributed by atoms with van der Waals surface area (Å²) >= 11 is 9.82. The first-order chi connectivity index (χ1) is 9.58. The summed E-state index contributed by atoms with van der Waals surface area (Å²) in [6, 6.07) is 17.0. The molecule has 20 heavy (non-hydrogen) atoms. The molecule has 0 radical (unpaired) electrons. The Labute approximate surface area is 134 Å². The molecule has 0 amide bonds. The maximum Gasteiger partial charge on any atom is 0.0438 e. The van der Waals surface area contributed by atoms with E-state index in [9.17, 15) is 0 Å². The molecular formula is C17H19BrClN. The summed E-state index contributed by atoms with van der Waals surface area (Å²) in [6.07, 6.45) is 0.925. The van der Waals surface area contributed by atoms with Gasteiger partial charge in [0.25, 0.3) is 0 Å². The van der Waals surface area contributed by atoms with Gasteiger partial charge in [-0.2, -0.15) is 0 Å². The molecule has 2 unspecified atom stereocenters. The van der Waals surface area contributed by atoms with Crippen LogP contribution in [-0.2, 0) is 6.42 Å². The lowest BCUT2D eigenvalue weighted by Gasteiger charge is -2.21. The topological polar surface area (TPSA) is 12.0 Å². The van der Waals surface area contributed by atoms with Gasteiger partial charge in [-0.15, -0.1) is 0 Å². The lowest BCUT2D eigenvalue weighted by atomic mass is 10.0. The minimum Gasteiger partial charge on any atom is -0.307 e. The molecule has 0 aromatic heterocycles. The Balaban J connectivity index is 2.00. The Morgan fingerprint density at radius 3 is 2.40 bits per heavy atom. The Hall–Kier alpha value is -0.830. The number of rotatable bonds is 5. The van der Waals surface area contributed by atoms with Gasteiger partial charge >= 0.3 is 0 Å². The SMILES string of the molecule is CC(Cc1ccccc1Cl)NC(C)c1ccccc1Br. The molecule has 0 heterocycles. The monoisotopic (exact) mass is 351 g/mol. The van der Waals surface area contributed by atoms with E-state index in [1.165, 1.54) is 11.1 Å². The largest absolute Gasteiger partial charge is 0.307 e. The van der Waals surface area contributed by atoms with Crippen LogP contribution < -0.4 is 5.32 Å². The van der Waals surface area contributed by atoms with Crippen LogP contribution in [0.1, 0.15) is 31.0 Å². The van der Waals surface area contributed by atoms with E-state index in [-0.39, 0.29) is 0 Å². The third-order valence-corrected chi connectivity index (χ3v) is 4.48. The van der Waals surface area contributed by atoms with Gasteiger partial charge in [-0.3, -0.25) is 0 Å². The fraction of sp³-hybridized carbons (Fsp3) is 0.294. The van der Waals surface area contributed by atoms with Crippen molar-refractivity contribution in [1.82, 2.24) is 5.32 Å². The number of benzene rings is 2. The maximum absolute atomic E-state index is 6.21. The van der Waals surface area contributed by atoms with E-state index in [2.05, 4.69) is 59.4 Å². The first-order valence-electron chi connectivity index (χ1n) is 6.82. The van der Waals surface area contributed by atoms with Crippen LogP contribution in [0.3, 0.4) is 0 Å². The van der Waals surface area contributed by atoms with Crippen molar-refractivity contribution in [3.63, 3.8) is 0 Å². The second-order valence-corrected chi connectivity index (χ2v) is 6.37. The molecule has 0 aliphatic carbocycles. The Bertz CT molecular complexity index is 570. The van der Waals surface area contributed by atoms with E-state index in [0.717, 1.165) is 15.9 Å². The highest BCUT2D eigenvalue weighted by Crippen LogP contribution is 2.24. The van der Waals surface area contributed by atoms with Crippen LogP contribution in [0.15, 0.2) is 53.0 Å². The van der Waals surface area contributed by atoms with E-state index < -0.39 is 0 Å². The molecule has 3 heteroatoms. The zero-order valence-electron chi connectivity index (χ0n) is 11.7. The van der Waals surface area contributed by atoms with Crippen LogP contribution in [0.25, 0.3) is 0 Å². The summed E-state index contributed by atoms with van der Waals surface area (Å²) < 4.78 is 1.14. The van der Waals surface area contributed by atoms with Crippen molar-refractivity contribution in [2.75, 3.05) is 0 Å². The highest BCUT2D eigenvalue weighted by molar-refractivity contribution is 9.10. The summed E-state index contributed by atoms with van der Waals surface area (Å²) in [5.74, 6) is 0. The van der Waals surface area contributed by atoms with Crippen molar-refractivity contribution in [2.24, 2.45) is 0 Å². The lowest BCUT2D eigenvalue weighted by Crippen LogP contribution is -2.31. The van der Waals surface area contributed by atoms with Crippen LogP contribution >= 0.6 is 27.5 Å². The number of nitrogens with one attached hydrogen (secondary N) is 1. The highest BCUT2D eigenvalue weighted by Gasteiger charge is 2.13. The minimum atomic E-state index is 0.295. The Morgan fingerprint density at radius 2 is 1.70 bits per heavy atom. The molecule has 0 bridgehead atoms. The molecule has 2 atom stereocenters. The quantitative estimate of drug-likeness (QED) is 0.761. The molecule has 0 fully saturated rings. The van der Waals surface area contributed by atoms with Crippen LogP contribution in [0, 0.1) is 0 Å². The summed E-state index contributed by atoms with van der Waals surface area (Å²) in [7, 11) is 0. The second-order valence-electron chi connectivity index (χ2n) is 5.11. The molecule has 2 aromatic carbocycles. The number of halogens is 2. The van der Waals surface area contributed by atoms with E-state index >= 15 is 0 Å². The number of hydrogen-bond acceptors (Lipinski definition) is 1. The normalized spacial score (nSPS) is 14.0. The Morgan fingerprint density at radius 1 is 1.05 bits per heavy atom. The highest BCUT2D eigenvalue weighted by atomic mass is 79.9. The molecular weight excluding hydrogens is 334 g/mol. The average Bonchev–Trinajstić information content (AvgIpc) is 2.41. The first kappa shape index (κ1) is 15.6. The summed E-state index contributed by atoms with van der Waals surface area (Å²) in [4.78, 5) is 0. The molecule has 2 rings (SSSR count). The molecule has 0 spiro atoms. The summed E-state index contributed by atoms with van der Waals surface area (Å²) in [5, 5.41) is 4.47. The van der Waals surface area contributed by atoms with Crippen LogP contribution in [0.2, 0.25) is 5.02 Å². The minimum absolute atomic E-state index is 0.295. The zero-order chi connectivity index (χ0) is 14.5. The lowest BCUT2D eigenvalue weighted by molar-refractivity contribution is 0.476. The van der Waals surface area contributed by atoms with Gasteiger partial charge < -0.3 is 5.32 Å². The molecule has 1 N–H and O–H groups in total. The number of hydrogen-bond donors (Lipinski definition) is 1. The van der Waals surface area contributed by atoms with E-state index in [0.29, 0.717) is 12.1 Å². The van der Waals surface area contributed by atoms with E-state index in [4.69, 9.17) is 11.6 Å².